The molecular formula is C10H16BrNOS. The Kier molecular flexibility index (Phi) is 3.42. The first kappa shape index (κ1) is 10.8. The fourth-order valence-electron chi connectivity index (χ4n) is 2.43. The molecule has 0 aromatic carbocycles. The van der Waals surface area contributed by atoms with Crippen molar-refractivity contribution in [1.29, 1.82) is 0 Å². The predicted octanol–water partition coefficient (Wildman–Crippen LogP) is 3.11. The van der Waals surface area contributed by atoms with E-state index in [0.717, 1.165) is 24.2 Å². The minimum absolute atomic E-state index is 0.289. The molecule has 1 aliphatic carbocycles. The van der Waals surface area contributed by atoms with Gasteiger partial charge in [0.25, 0.3) is 5.24 Å². The summed E-state index contributed by atoms with van der Waals surface area (Å²) in [5, 5.41) is 1.34. The Hall–Kier alpha value is 0.300. The first-order valence-corrected chi connectivity index (χ1v) is 7.34. The smallest absolute Gasteiger partial charge is 0.281 e. The lowest BCUT2D eigenvalue weighted by atomic mass is 9.88. The predicted molar refractivity (Wildman–Crippen MR) is 64.1 cm³/mol. The number of amides is 1. The Bertz CT molecular complexity index is 228. The van der Waals surface area contributed by atoms with Gasteiger partial charge in [0.15, 0.2) is 0 Å². The number of carbonyl (C=O) groups is 1. The van der Waals surface area contributed by atoms with E-state index in [2.05, 4.69) is 15.9 Å². The van der Waals surface area contributed by atoms with Crippen molar-refractivity contribution in [2.45, 2.75) is 25.7 Å². The SMILES string of the molecule is O=C1SCCN1CC1(CBr)CCCC1. The van der Waals surface area contributed by atoms with Crippen LogP contribution < -0.4 is 0 Å². The first-order chi connectivity index (χ1) is 6.76. The minimum atomic E-state index is 0.289. The standard InChI is InChI=1S/C10H16BrNOS/c11-7-10(3-1-2-4-10)8-12-5-6-14-9(12)13/h1-8H2. The molecule has 2 fully saturated rings. The number of hydrogen-bond acceptors (Lipinski definition) is 2. The fourth-order valence-corrected chi connectivity index (χ4v) is 4.00. The molecule has 0 atom stereocenters. The number of halogens is 1. The second kappa shape index (κ2) is 4.44. The molecule has 0 radical (unpaired) electrons. The molecule has 0 N–H and O–H groups in total. The number of hydrogen-bond donors (Lipinski definition) is 0. The number of alkyl halides is 1. The van der Waals surface area contributed by atoms with Crippen LogP contribution >= 0.6 is 27.7 Å². The van der Waals surface area contributed by atoms with Crippen molar-refractivity contribution >= 4 is 32.9 Å². The van der Waals surface area contributed by atoms with Gasteiger partial charge in [-0.15, -0.1) is 0 Å². The van der Waals surface area contributed by atoms with E-state index >= 15 is 0 Å². The Morgan fingerprint density at radius 1 is 1.43 bits per heavy atom. The van der Waals surface area contributed by atoms with E-state index in [4.69, 9.17) is 0 Å². The quantitative estimate of drug-likeness (QED) is 0.739. The van der Waals surface area contributed by atoms with Gasteiger partial charge in [-0.05, 0) is 18.3 Å². The Balaban J connectivity index is 1.96. The van der Waals surface area contributed by atoms with Crippen molar-refractivity contribution in [3.8, 4) is 0 Å². The molecule has 1 aliphatic heterocycles. The van der Waals surface area contributed by atoms with Gasteiger partial charge in [-0.3, -0.25) is 4.79 Å². The van der Waals surface area contributed by atoms with Gasteiger partial charge in [0, 0.05) is 24.2 Å². The van der Waals surface area contributed by atoms with Gasteiger partial charge in [-0.25, -0.2) is 0 Å². The minimum Gasteiger partial charge on any atom is -0.332 e. The molecule has 80 valence electrons. The maximum Gasteiger partial charge on any atom is 0.281 e. The highest BCUT2D eigenvalue weighted by Gasteiger charge is 2.37. The van der Waals surface area contributed by atoms with E-state index in [1.54, 1.807) is 0 Å². The van der Waals surface area contributed by atoms with E-state index in [1.807, 2.05) is 4.90 Å². The Labute approximate surface area is 97.9 Å². The number of nitrogens with zero attached hydrogens (tertiary/aromatic N) is 1. The van der Waals surface area contributed by atoms with Crippen LogP contribution in [0.4, 0.5) is 4.79 Å². The monoisotopic (exact) mass is 277 g/mol. The van der Waals surface area contributed by atoms with Gasteiger partial charge in [0.2, 0.25) is 0 Å². The largest absolute Gasteiger partial charge is 0.332 e. The van der Waals surface area contributed by atoms with E-state index in [0.29, 0.717) is 5.41 Å². The zero-order valence-electron chi connectivity index (χ0n) is 8.30. The van der Waals surface area contributed by atoms with Gasteiger partial charge in [-0.2, -0.15) is 0 Å². The van der Waals surface area contributed by atoms with Crippen LogP contribution in [0, 0.1) is 5.41 Å². The molecule has 2 nitrogen and oxygen atoms in total. The van der Waals surface area contributed by atoms with Crippen molar-refractivity contribution in [3.05, 3.63) is 0 Å². The summed E-state index contributed by atoms with van der Waals surface area (Å²) < 4.78 is 0. The summed E-state index contributed by atoms with van der Waals surface area (Å²) in [4.78, 5) is 13.5. The highest BCUT2D eigenvalue weighted by Crippen LogP contribution is 2.41. The summed E-state index contributed by atoms with van der Waals surface area (Å²) in [6, 6.07) is 0. The van der Waals surface area contributed by atoms with Crippen LogP contribution in [0.1, 0.15) is 25.7 Å². The molecule has 1 saturated carbocycles. The molecule has 4 heteroatoms. The fraction of sp³-hybridized carbons (Fsp3) is 0.900. The average Bonchev–Trinajstić information content (AvgIpc) is 2.79. The number of rotatable bonds is 3. The third kappa shape index (κ3) is 2.11. The van der Waals surface area contributed by atoms with Crippen molar-refractivity contribution in [3.63, 3.8) is 0 Å². The third-order valence-corrected chi connectivity index (χ3v) is 5.40. The summed E-state index contributed by atoms with van der Waals surface area (Å²) in [6.07, 6.45) is 5.24. The number of thioether (sulfide) groups is 1. The molecule has 0 aromatic rings. The normalized spacial score (nSPS) is 26.1. The molecule has 2 aliphatic rings. The van der Waals surface area contributed by atoms with Gasteiger partial charge in [-0.1, -0.05) is 40.5 Å². The second-order valence-corrected chi connectivity index (χ2v) is 5.98. The third-order valence-electron chi connectivity index (χ3n) is 3.32. The molecule has 0 bridgehead atoms. The Morgan fingerprint density at radius 3 is 2.64 bits per heavy atom. The highest BCUT2D eigenvalue weighted by molar-refractivity contribution is 9.09. The maximum atomic E-state index is 11.5. The molecule has 14 heavy (non-hydrogen) atoms. The molecule has 2 rings (SSSR count). The molecule has 0 spiro atoms. The molecule has 0 unspecified atom stereocenters. The molecular weight excluding hydrogens is 262 g/mol. The Morgan fingerprint density at radius 2 is 2.14 bits per heavy atom. The van der Waals surface area contributed by atoms with Crippen molar-refractivity contribution in [1.82, 2.24) is 4.90 Å². The zero-order chi connectivity index (χ0) is 10.0. The van der Waals surface area contributed by atoms with E-state index in [-0.39, 0.29) is 5.24 Å². The molecule has 1 heterocycles. The van der Waals surface area contributed by atoms with Crippen molar-refractivity contribution in [2.24, 2.45) is 5.41 Å². The van der Waals surface area contributed by atoms with Gasteiger partial charge < -0.3 is 4.90 Å². The van der Waals surface area contributed by atoms with Gasteiger partial charge >= 0.3 is 0 Å². The summed E-state index contributed by atoms with van der Waals surface area (Å²) in [7, 11) is 0. The summed E-state index contributed by atoms with van der Waals surface area (Å²) >= 11 is 5.09. The van der Waals surface area contributed by atoms with Gasteiger partial charge in [0.05, 0.1) is 0 Å². The summed E-state index contributed by atoms with van der Waals surface area (Å²) in [5.41, 5.74) is 0.389. The van der Waals surface area contributed by atoms with Crippen LogP contribution in [-0.4, -0.2) is 34.3 Å². The number of carbonyl (C=O) groups excluding carboxylic acids is 1. The molecule has 0 aromatic heterocycles. The van der Waals surface area contributed by atoms with Crippen LogP contribution in [-0.2, 0) is 0 Å². The zero-order valence-corrected chi connectivity index (χ0v) is 10.7. The van der Waals surface area contributed by atoms with Crippen molar-refractivity contribution < 1.29 is 4.79 Å². The van der Waals surface area contributed by atoms with Crippen LogP contribution in [0.25, 0.3) is 0 Å². The van der Waals surface area contributed by atoms with Gasteiger partial charge in [0.1, 0.15) is 0 Å². The lowest BCUT2D eigenvalue weighted by Crippen LogP contribution is -2.37. The van der Waals surface area contributed by atoms with E-state index in [9.17, 15) is 4.79 Å². The van der Waals surface area contributed by atoms with Crippen LogP contribution in [0.2, 0.25) is 0 Å². The topological polar surface area (TPSA) is 20.3 Å². The molecule has 1 amide bonds. The lowest BCUT2D eigenvalue weighted by molar-refractivity contribution is 0.193. The van der Waals surface area contributed by atoms with Crippen LogP contribution in [0.5, 0.6) is 0 Å². The summed E-state index contributed by atoms with van der Waals surface area (Å²) in [6.45, 7) is 1.93. The first-order valence-electron chi connectivity index (χ1n) is 5.23. The second-order valence-electron chi connectivity index (χ2n) is 4.38. The molecule has 1 saturated heterocycles. The van der Waals surface area contributed by atoms with Crippen LogP contribution in [0.15, 0.2) is 0 Å². The van der Waals surface area contributed by atoms with Crippen molar-refractivity contribution in [2.75, 3.05) is 24.2 Å². The van der Waals surface area contributed by atoms with E-state index in [1.165, 1.54) is 37.4 Å². The lowest BCUT2D eigenvalue weighted by Gasteiger charge is -2.31. The van der Waals surface area contributed by atoms with E-state index < -0.39 is 0 Å². The highest BCUT2D eigenvalue weighted by atomic mass is 79.9. The average molecular weight is 278 g/mol. The van der Waals surface area contributed by atoms with Crippen LogP contribution in [0.3, 0.4) is 0 Å². The summed E-state index contributed by atoms with van der Waals surface area (Å²) in [5.74, 6) is 0.983. The maximum absolute atomic E-state index is 11.5.